The van der Waals surface area contributed by atoms with E-state index in [1.54, 1.807) is 0 Å². The molecule has 2 aliphatic heterocycles. The van der Waals surface area contributed by atoms with Gasteiger partial charge in [0.25, 0.3) is 0 Å². The summed E-state index contributed by atoms with van der Waals surface area (Å²) in [6, 6.07) is 10.8. The number of ether oxygens (including phenoxy) is 2. The molecule has 20 heavy (non-hydrogen) atoms. The first kappa shape index (κ1) is 11.8. The van der Waals surface area contributed by atoms with Crippen LogP contribution in [0, 0.1) is 0 Å². The number of nitrogens with two attached hydrogens (primary N) is 1. The lowest BCUT2D eigenvalue weighted by Gasteiger charge is -2.11. The molecule has 4 rings (SSSR count). The summed E-state index contributed by atoms with van der Waals surface area (Å²) < 4.78 is 11.3. The second kappa shape index (κ2) is 4.53. The van der Waals surface area contributed by atoms with Gasteiger partial charge in [0.1, 0.15) is 11.5 Å². The summed E-state index contributed by atoms with van der Waals surface area (Å²) in [5.41, 5.74) is 12.0. The maximum Gasteiger partial charge on any atom is 0.127 e. The fourth-order valence-corrected chi connectivity index (χ4v) is 3.07. The van der Waals surface area contributed by atoms with Gasteiger partial charge in [-0.05, 0) is 46.5 Å². The fraction of sp³-hybridized carbons (Fsp3) is 0.294. The van der Waals surface area contributed by atoms with Gasteiger partial charge < -0.3 is 15.2 Å². The van der Waals surface area contributed by atoms with Crippen molar-refractivity contribution in [1.82, 2.24) is 0 Å². The largest absolute Gasteiger partial charge is 0.493 e. The quantitative estimate of drug-likeness (QED) is 0.910. The molecule has 102 valence electrons. The van der Waals surface area contributed by atoms with E-state index in [0.29, 0.717) is 6.54 Å². The van der Waals surface area contributed by atoms with Gasteiger partial charge in [0.15, 0.2) is 0 Å². The van der Waals surface area contributed by atoms with E-state index in [1.165, 1.54) is 22.3 Å². The molecule has 2 heterocycles. The van der Waals surface area contributed by atoms with Crippen LogP contribution >= 0.6 is 0 Å². The number of fused-ring (bicyclic) bond motifs is 2. The molecular formula is C17H17NO2. The van der Waals surface area contributed by atoms with Crippen LogP contribution in [0.4, 0.5) is 0 Å². The molecule has 2 aliphatic rings. The topological polar surface area (TPSA) is 44.5 Å². The van der Waals surface area contributed by atoms with Crippen molar-refractivity contribution in [2.24, 2.45) is 5.73 Å². The molecule has 0 radical (unpaired) electrons. The zero-order valence-corrected chi connectivity index (χ0v) is 11.3. The average Bonchev–Trinajstić information content (AvgIpc) is 3.13. The van der Waals surface area contributed by atoms with Crippen molar-refractivity contribution < 1.29 is 9.47 Å². The second-order valence-electron chi connectivity index (χ2n) is 5.35. The lowest BCUT2D eigenvalue weighted by Crippen LogP contribution is -2.00. The van der Waals surface area contributed by atoms with Gasteiger partial charge in [-0.15, -0.1) is 0 Å². The Balaban J connectivity index is 1.82. The number of hydrogen-bond donors (Lipinski definition) is 1. The average molecular weight is 267 g/mol. The van der Waals surface area contributed by atoms with E-state index in [1.807, 2.05) is 0 Å². The highest BCUT2D eigenvalue weighted by atomic mass is 16.5. The Bertz CT molecular complexity index is 679. The van der Waals surface area contributed by atoms with Crippen molar-refractivity contribution in [1.29, 1.82) is 0 Å². The van der Waals surface area contributed by atoms with E-state index in [0.717, 1.165) is 43.1 Å². The van der Waals surface area contributed by atoms with E-state index >= 15 is 0 Å². The van der Waals surface area contributed by atoms with Crippen LogP contribution in [0.2, 0.25) is 0 Å². The van der Waals surface area contributed by atoms with Gasteiger partial charge in [0.2, 0.25) is 0 Å². The smallest absolute Gasteiger partial charge is 0.127 e. The second-order valence-corrected chi connectivity index (χ2v) is 5.35. The van der Waals surface area contributed by atoms with Gasteiger partial charge in [-0.2, -0.15) is 0 Å². The van der Waals surface area contributed by atoms with Crippen LogP contribution in [0.15, 0.2) is 30.3 Å². The van der Waals surface area contributed by atoms with E-state index < -0.39 is 0 Å². The molecule has 3 heteroatoms. The lowest BCUT2D eigenvalue weighted by atomic mass is 9.96. The molecule has 0 saturated heterocycles. The zero-order valence-electron chi connectivity index (χ0n) is 11.3. The minimum Gasteiger partial charge on any atom is -0.493 e. The third-order valence-electron chi connectivity index (χ3n) is 4.10. The van der Waals surface area contributed by atoms with Crippen LogP contribution in [-0.4, -0.2) is 13.2 Å². The third kappa shape index (κ3) is 1.78. The van der Waals surface area contributed by atoms with Gasteiger partial charge in [-0.25, -0.2) is 0 Å². The summed E-state index contributed by atoms with van der Waals surface area (Å²) >= 11 is 0. The Kier molecular flexibility index (Phi) is 2.67. The molecule has 0 spiro atoms. The molecule has 0 saturated carbocycles. The van der Waals surface area contributed by atoms with Gasteiger partial charge in [-0.1, -0.05) is 6.07 Å². The van der Waals surface area contributed by atoms with Crippen LogP contribution < -0.4 is 15.2 Å². The molecule has 2 aromatic rings. The van der Waals surface area contributed by atoms with E-state index in [9.17, 15) is 0 Å². The first-order chi connectivity index (χ1) is 9.85. The highest BCUT2D eigenvalue weighted by Crippen LogP contribution is 2.36. The van der Waals surface area contributed by atoms with Crippen LogP contribution in [-0.2, 0) is 19.4 Å². The van der Waals surface area contributed by atoms with Gasteiger partial charge >= 0.3 is 0 Å². The Hall–Kier alpha value is -2.00. The fourth-order valence-electron chi connectivity index (χ4n) is 3.07. The third-order valence-corrected chi connectivity index (χ3v) is 4.10. The maximum atomic E-state index is 5.86. The summed E-state index contributed by atoms with van der Waals surface area (Å²) in [5.74, 6) is 2.03. The molecule has 0 fully saturated rings. The molecule has 0 aliphatic carbocycles. The predicted octanol–water partition coefficient (Wildman–Crippen LogP) is 2.68. The van der Waals surface area contributed by atoms with E-state index in [-0.39, 0.29) is 0 Å². The van der Waals surface area contributed by atoms with Gasteiger partial charge in [0.05, 0.1) is 13.2 Å². The predicted molar refractivity (Wildman–Crippen MR) is 78.2 cm³/mol. The van der Waals surface area contributed by atoms with Crippen molar-refractivity contribution >= 4 is 0 Å². The Morgan fingerprint density at radius 1 is 0.900 bits per heavy atom. The van der Waals surface area contributed by atoms with Gasteiger partial charge in [-0.3, -0.25) is 0 Å². The molecule has 0 amide bonds. The van der Waals surface area contributed by atoms with Crippen molar-refractivity contribution in [3.8, 4) is 22.6 Å². The van der Waals surface area contributed by atoms with Crippen LogP contribution in [0.5, 0.6) is 11.5 Å². The normalized spacial score (nSPS) is 15.4. The number of rotatable bonds is 2. The van der Waals surface area contributed by atoms with Gasteiger partial charge in [0, 0.05) is 24.9 Å². The highest BCUT2D eigenvalue weighted by Gasteiger charge is 2.18. The first-order valence-corrected chi connectivity index (χ1v) is 7.10. The molecule has 3 nitrogen and oxygen atoms in total. The molecular weight excluding hydrogens is 250 g/mol. The molecule has 0 unspecified atom stereocenters. The van der Waals surface area contributed by atoms with Crippen LogP contribution in [0.25, 0.3) is 11.1 Å². The van der Waals surface area contributed by atoms with Crippen LogP contribution in [0.3, 0.4) is 0 Å². The maximum absolute atomic E-state index is 5.86. The standard InChI is InChI=1S/C17H17NO2/c18-10-15-9-14(8-13-4-6-20-17(13)15)11-1-2-16-12(7-11)3-5-19-16/h1-2,7-9H,3-6,10,18H2. The molecule has 2 N–H and O–H groups in total. The van der Waals surface area contributed by atoms with Crippen LogP contribution in [0.1, 0.15) is 16.7 Å². The van der Waals surface area contributed by atoms with Crippen molar-refractivity contribution in [2.45, 2.75) is 19.4 Å². The molecule has 0 atom stereocenters. The number of hydrogen-bond acceptors (Lipinski definition) is 3. The minimum atomic E-state index is 0.518. The summed E-state index contributed by atoms with van der Waals surface area (Å²) in [7, 11) is 0. The van der Waals surface area contributed by atoms with E-state index in [2.05, 4.69) is 30.3 Å². The summed E-state index contributed by atoms with van der Waals surface area (Å²) in [6.45, 7) is 2.08. The van der Waals surface area contributed by atoms with Crippen molar-refractivity contribution in [2.75, 3.05) is 13.2 Å². The summed E-state index contributed by atoms with van der Waals surface area (Å²) in [6.07, 6.45) is 1.98. The molecule has 2 aromatic carbocycles. The van der Waals surface area contributed by atoms with Crippen molar-refractivity contribution in [3.05, 3.63) is 47.0 Å². The number of benzene rings is 2. The summed E-state index contributed by atoms with van der Waals surface area (Å²) in [5, 5.41) is 0. The Morgan fingerprint density at radius 2 is 1.70 bits per heavy atom. The Morgan fingerprint density at radius 3 is 2.60 bits per heavy atom. The molecule has 0 aromatic heterocycles. The lowest BCUT2D eigenvalue weighted by molar-refractivity contribution is 0.353. The monoisotopic (exact) mass is 267 g/mol. The molecule has 0 bridgehead atoms. The highest BCUT2D eigenvalue weighted by molar-refractivity contribution is 5.70. The minimum absolute atomic E-state index is 0.518. The van der Waals surface area contributed by atoms with E-state index in [4.69, 9.17) is 15.2 Å². The summed E-state index contributed by atoms with van der Waals surface area (Å²) in [4.78, 5) is 0. The van der Waals surface area contributed by atoms with Crippen molar-refractivity contribution in [3.63, 3.8) is 0 Å². The SMILES string of the molecule is NCc1cc(-c2ccc3c(c2)CCO3)cc2c1OCC2. The zero-order chi connectivity index (χ0) is 13.5. The first-order valence-electron chi connectivity index (χ1n) is 7.10. The Labute approximate surface area is 118 Å².